The Morgan fingerprint density at radius 3 is 2.61 bits per heavy atom. The summed E-state index contributed by atoms with van der Waals surface area (Å²) >= 11 is 0. The van der Waals surface area contributed by atoms with Gasteiger partial charge in [-0.1, -0.05) is 0 Å². The van der Waals surface area contributed by atoms with E-state index in [1.54, 1.807) is 19.9 Å². The second kappa shape index (κ2) is 5.49. The summed E-state index contributed by atoms with van der Waals surface area (Å²) in [5.74, 6) is 1.02. The van der Waals surface area contributed by atoms with Crippen LogP contribution in [0.2, 0.25) is 0 Å². The first-order chi connectivity index (χ1) is 8.22. The molecule has 102 valence electrons. The zero-order valence-corrected chi connectivity index (χ0v) is 11.7. The molecule has 0 spiro atoms. The molecule has 0 aromatic carbocycles. The number of anilines is 1. The van der Waals surface area contributed by atoms with Crippen molar-refractivity contribution in [1.29, 1.82) is 0 Å². The standard InChI is InChI=1S/C10H18N4O3S/c1-10(2,14-18(4,15)16)6-11-8-5-9(17-3)13-7-12-8/h5,7,14H,6H2,1-4H3,(H,11,12,13). The molecular weight excluding hydrogens is 256 g/mol. The zero-order valence-electron chi connectivity index (χ0n) is 10.9. The van der Waals surface area contributed by atoms with E-state index >= 15 is 0 Å². The Labute approximate surface area is 107 Å². The number of rotatable bonds is 6. The van der Waals surface area contributed by atoms with Crippen molar-refractivity contribution in [3.8, 4) is 5.88 Å². The molecule has 18 heavy (non-hydrogen) atoms. The summed E-state index contributed by atoms with van der Waals surface area (Å²) in [5, 5.41) is 3.02. The van der Waals surface area contributed by atoms with Gasteiger partial charge >= 0.3 is 0 Å². The molecule has 0 aliphatic rings. The second-order valence-corrected chi connectivity index (χ2v) is 6.31. The van der Waals surface area contributed by atoms with Gasteiger partial charge in [-0.25, -0.2) is 23.1 Å². The summed E-state index contributed by atoms with van der Waals surface area (Å²) in [6.07, 6.45) is 2.50. The van der Waals surface area contributed by atoms with Crippen LogP contribution in [0, 0.1) is 0 Å². The van der Waals surface area contributed by atoms with Gasteiger partial charge in [-0.15, -0.1) is 0 Å². The summed E-state index contributed by atoms with van der Waals surface area (Å²) in [6.45, 7) is 3.94. The third kappa shape index (κ3) is 5.28. The Morgan fingerprint density at radius 1 is 1.39 bits per heavy atom. The number of methoxy groups -OCH3 is 1. The van der Waals surface area contributed by atoms with Gasteiger partial charge in [0.25, 0.3) is 0 Å². The van der Waals surface area contributed by atoms with Gasteiger partial charge in [0.15, 0.2) is 0 Å². The van der Waals surface area contributed by atoms with Gasteiger partial charge in [-0.3, -0.25) is 0 Å². The summed E-state index contributed by atoms with van der Waals surface area (Å²) < 4.78 is 29.8. The van der Waals surface area contributed by atoms with E-state index in [9.17, 15) is 8.42 Å². The molecule has 0 amide bonds. The molecule has 0 radical (unpaired) electrons. The maximum atomic E-state index is 11.2. The molecule has 8 heteroatoms. The van der Waals surface area contributed by atoms with Gasteiger partial charge in [0.2, 0.25) is 15.9 Å². The molecule has 0 bridgehead atoms. The average molecular weight is 274 g/mol. The second-order valence-electron chi connectivity index (χ2n) is 4.56. The van der Waals surface area contributed by atoms with Crippen LogP contribution in [0.4, 0.5) is 5.82 Å². The lowest BCUT2D eigenvalue weighted by atomic mass is 10.1. The normalized spacial score (nSPS) is 12.2. The van der Waals surface area contributed by atoms with Crippen molar-refractivity contribution in [2.45, 2.75) is 19.4 Å². The minimum Gasteiger partial charge on any atom is -0.481 e. The molecule has 0 saturated heterocycles. The number of hydrogen-bond donors (Lipinski definition) is 2. The van der Waals surface area contributed by atoms with Gasteiger partial charge in [0.05, 0.1) is 13.4 Å². The molecule has 0 fully saturated rings. The third-order valence-corrected chi connectivity index (χ3v) is 2.95. The third-order valence-electron chi connectivity index (χ3n) is 2.02. The first kappa shape index (κ1) is 14.7. The monoisotopic (exact) mass is 274 g/mol. The van der Waals surface area contributed by atoms with Gasteiger partial charge in [0.1, 0.15) is 12.1 Å². The number of aromatic nitrogens is 2. The average Bonchev–Trinajstić information content (AvgIpc) is 2.24. The fourth-order valence-corrected chi connectivity index (χ4v) is 2.47. The number of nitrogens with zero attached hydrogens (tertiary/aromatic N) is 2. The van der Waals surface area contributed by atoms with Gasteiger partial charge in [-0.2, -0.15) is 0 Å². The molecule has 0 unspecified atom stereocenters. The van der Waals surface area contributed by atoms with E-state index in [2.05, 4.69) is 20.0 Å². The molecule has 1 heterocycles. The number of ether oxygens (including phenoxy) is 1. The highest BCUT2D eigenvalue weighted by molar-refractivity contribution is 7.88. The number of nitrogens with one attached hydrogen (secondary N) is 2. The molecule has 0 aliphatic heterocycles. The topological polar surface area (TPSA) is 93.2 Å². The Kier molecular flexibility index (Phi) is 4.47. The lowest BCUT2D eigenvalue weighted by Crippen LogP contribution is -2.47. The first-order valence-electron chi connectivity index (χ1n) is 5.31. The fourth-order valence-electron chi connectivity index (χ4n) is 1.40. The van der Waals surface area contributed by atoms with Gasteiger partial charge < -0.3 is 10.1 Å². The molecule has 0 atom stereocenters. The molecule has 1 aromatic heterocycles. The quantitative estimate of drug-likeness (QED) is 0.771. The van der Waals surface area contributed by atoms with Gasteiger partial charge in [0, 0.05) is 18.2 Å². The first-order valence-corrected chi connectivity index (χ1v) is 7.20. The van der Waals surface area contributed by atoms with Crippen molar-refractivity contribution in [3.05, 3.63) is 12.4 Å². The Balaban J connectivity index is 2.63. The largest absolute Gasteiger partial charge is 0.481 e. The van der Waals surface area contributed by atoms with Crippen LogP contribution in [-0.4, -0.2) is 43.8 Å². The fraction of sp³-hybridized carbons (Fsp3) is 0.600. The SMILES string of the molecule is COc1cc(NCC(C)(C)NS(C)(=O)=O)ncn1. The highest BCUT2D eigenvalue weighted by atomic mass is 32.2. The van der Waals surface area contributed by atoms with E-state index in [0.29, 0.717) is 18.2 Å². The van der Waals surface area contributed by atoms with Crippen LogP contribution >= 0.6 is 0 Å². The van der Waals surface area contributed by atoms with Gasteiger partial charge in [-0.05, 0) is 13.8 Å². The predicted octanol–water partition coefficient (Wildman–Crippen LogP) is 0.225. The maximum Gasteiger partial charge on any atom is 0.218 e. The van der Waals surface area contributed by atoms with Crippen molar-refractivity contribution >= 4 is 15.8 Å². The van der Waals surface area contributed by atoms with E-state index in [-0.39, 0.29) is 0 Å². The summed E-state index contributed by atoms with van der Waals surface area (Å²) in [5.41, 5.74) is -0.619. The smallest absolute Gasteiger partial charge is 0.218 e. The molecule has 1 aromatic rings. The Hall–Kier alpha value is -1.41. The van der Waals surface area contributed by atoms with Crippen LogP contribution < -0.4 is 14.8 Å². The Bertz CT molecular complexity index is 502. The zero-order chi connectivity index (χ0) is 13.8. The molecule has 0 saturated carbocycles. The number of sulfonamides is 1. The van der Waals surface area contributed by atoms with Crippen LogP contribution in [0.15, 0.2) is 12.4 Å². The van der Waals surface area contributed by atoms with E-state index in [1.165, 1.54) is 13.4 Å². The highest BCUT2D eigenvalue weighted by Crippen LogP contribution is 2.12. The van der Waals surface area contributed by atoms with Crippen molar-refractivity contribution in [2.75, 3.05) is 25.2 Å². The van der Waals surface area contributed by atoms with Crippen molar-refractivity contribution in [1.82, 2.24) is 14.7 Å². The van der Waals surface area contributed by atoms with Crippen LogP contribution in [0.1, 0.15) is 13.8 Å². The summed E-state index contributed by atoms with van der Waals surface area (Å²) in [6, 6.07) is 1.64. The highest BCUT2D eigenvalue weighted by Gasteiger charge is 2.21. The van der Waals surface area contributed by atoms with E-state index in [1.807, 2.05) is 0 Å². The predicted molar refractivity (Wildman–Crippen MR) is 69.1 cm³/mol. The van der Waals surface area contributed by atoms with E-state index in [4.69, 9.17) is 4.74 Å². The van der Waals surface area contributed by atoms with Crippen molar-refractivity contribution in [3.63, 3.8) is 0 Å². The van der Waals surface area contributed by atoms with E-state index < -0.39 is 15.6 Å². The van der Waals surface area contributed by atoms with Crippen molar-refractivity contribution in [2.24, 2.45) is 0 Å². The Morgan fingerprint density at radius 2 is 2.06 bits per heavy atom. The minimum atomic E-state index is -3.25. The van der Waals surface area contributed by atoms with E-state index in [0.717, 1.165) is 6.26 Å². The maximum absolute atomic E-state index is 11.2. The molecular formula is C10H18N4O3S. The molecule has 0 aliphatic carbocycles. The lowest BCUT2D eigenvalue weighted by molar-refractivity contribution is 0.397. The van der Waals surface area contributed by atoms with Crippen LogP contribution in [0.3, 0.4) is 0 Å². The van der Waals surface area contributed by atoms with Crippen molar-refractivity contribution < 1.29 is 13.2 Å². The minimum absolute atomic E-state index is 0.389. The molecule has 7 nitrogen and oxygen atoms in total. The molecule has 2 N–H and O–H groups in total. The van der Waals surface area contributed by atoms with Crippen LogP contribution in [0.5, 0.6) is 5.88 Å². The van der Waals surface area contributed by atoms with Crippen LogP contribution in [-0.2, 0) is 10.0 Å². The summed E-state index contributed by atoms with van der Waals surface area (Å²) in [4.78, 5) is 7.88. The number of hydrogen-bond acceptors (Lipinski definition) is 6. The summed E-state index contributed by atoms with van der Waals surface area (Å²) in [7, 11) is -1.73. The lowest BCUT2D eigenvalue weighted by Gasteiger charge is -2.25. The van der Waals surface area contributed by atoms with Crippen LogP contribution in [0.25, 0.3) is 0 Å². The molecule has 1 rings (SSSR count).